The van der Waals surface area contributed by atoms with Gasteiger partial charge in [-0.1, -0.05) is 0 Å². The second kappa shape index (κ2) is 10.3. The van der Waals surface area contributed by atoms with E-state index in [-0.39, 0.29) is 29.9 Å². The van der Waals surface area contributed by atoms with Gasteiger partial charge >= 0.3 is 11.8 Å². The monoisotopic (exact) mass is 476 g/mol. The maximum Gasteiger partial charge on any atom is 0.409 e. The van der Waals surface area contributed by atoms with E-state index in [9.17, 15) is 24.5 Å². The molecule has 1 saturated heterocycles. The number of carbonyl (C=O) groups is 3. The Balaban J connectivity index is 1.59. The lowest BCUT2D eigenvalue weighted by Crippen LogP contribution is -2.52. The first kappa shape index (κ1) is 24.7. The predicted octanol–water partition coefficient (Wildman–Crippen LogP) is 1.11. The van der Waals surface area contributed by atoms with Crippen LogP contribution in [0.1, 0.15) is 31.3 Å². The SMILES string of the molecule is CCOC(=O)N1CCN(C(=O)C(C)n2cc(NC(=O)Cn3ncc([N+](=O)[O-])c3C)c(C)n2)CC1. The molecule has 34 heavy (non-hydrogen) atoms. The highest BCUT2D eigenvalue weighted by Crippen LogP contribution is 2.20. The van der Waals surface area contributed by atoms with Crippen LogP contribution in [0.25, 0.3) is 0 Å². The molecule has 1 N–H and O–H groups in total. The first-order chi connectivity index (χ1) is 16.1. The standard InChI is InChI=1S/C20H28N8O6/c1-5-34-20(31)25-8-6-24(7-9-25)19(30)15(4)27-11-16(13(2)23-27)22-18(29)12-26-14(3)17(10-21-26)28(32)33/h10-11,15H,5-9,12H2,1-4H3,(H,22,29). The van der Waals surface area contributed by atoms with Crippen LogP contribution in [0.4, 0.5) is 16.2 Å². The van der Waals surface area contributed by atoms with Gasteiger partial charge in [0.15, 0.2) is 0 Å². The van der Waals surface area contributed by atoms with Crippen LogP contribution in [0.2, 0.25) is 0 Å². The zero-order chi connectivity index (χ0) is 25.0. The van der Waals surface area contributed by atoms with Gasteiger partial charge in [0.05, 0.1) is 22.9 Å². The largest absolute Gasteiger partial charge is 0.450 e. The molecule has 0 aliphatic carbocycles. The number of nitrogens with zero attached hydrogens (tertiary/aromatic N) is 7. The van der Waals surface area contributed by atoms with Crippen LogP contribution in [0.5, 0.6) is 0 Å². The van der Waals surface area contributed by atoms with Crippen LogP contribution in [0.15, 0.2) is 12.4 Å². The summed E-state index contributed by atoms with van der Waals surface area (Å²) in [6.45, 7) is 8.33. The average molecular weight is 476 g/mol. The number of hydrogen-bond donors (Lipinski definition) is 1. The average Bonchev–Trinajstić information content (AvgIpc) is 3.35. The van der Waals surface area contributed by atoms with E-state index in [1.807, 2.05) is 0 Å². The van der Waals surface area contributed by atoms with E-state index in [1.165, 1.54) is 16.3 Å². The Morgan fingerprint density at radius 1 is 1.21 bits per heavy atom. The van der Waals surface area contributed by atoms with Crippen LogP contribution in [0, 0.1) is 24.0 Å². The number of piperazine rings is 1. The van der Waals surface area contributed by atoms with Gasteiger partial charge in [-0.25, -0.2) is 4.79 Å². The Kier molecular flexibility index (Phi) is 7.48. The third kappa shape index (κ3) is 5.32. The zero-order valence-corrected chi connectivity index (χ0v) is 19.6. The van der Waals surface area contributed by atoms with Crippen LogP contribution >= 0.6 is 0 Å². The molecule has 2 aromatic heterocycles. The molecule has 0 spiro atoms. The van der Waals surface area contributed by atoms with Crippen molar-refractivity contribution in [1.29, 1.82) is 0 Å². The molecule has 3 rings (SSSR count). The van der Waals surface area contributed by atoms with Gasteiger partial charge in [0, 0.05) is 32.4 Å². The van der Waals surface area contributed by atoms with Crippen LogP contribution < -0.4 is 5.32 Å². The number of rotatable bonds is 7. The molecule has 14 heteroatoms. The third-order valence-corrected chi connectivity index (χ3v) is 5.63. The lowest BCUT2D eigenvalue weighted by atomic mass is 10.2. The molecule has 1 aliphatic rings. The molecule has 3 heterocycles. The molecule has 0 saturated carbocycles. The number of nitro groups is 1. The number of aromatic nitrogens is 4. The summed E-state index contributed by atoms with van der Waals surface area (Å²) in [7, 11) is 0. The predicted molar refractivity (Wildman–Crippen MR) is 119 cm³/mol. The van der Waals surface area contributed by atoms with Crippen LogP contribution in [0.3, 0.4) is 0 Å². The fraction of sp³-hybridized carbons (Fsp3) is 0.550. The number of nitrogens with one attached hydrogen (secondary N) is 1. The smallest absolute Gasteiger partial charge is 0.409 e. The van der Waals surface area contributed by atoms with Crippen molar-refractivity contribution in [1.82, 2.24) is 29.4 Å². The summed E-state index contributed by atoms with van der Waals surface area (Å²) < 4.78 is 7.72. The van der Waals surface area contributed by atoms with Gasteiger partial charge in [0.1, 0.15) is 24.5 Å². The summed E-state index contributed by atoms with van der Waals surface area (Å²) in [6.07, 6.45) is 2.29. The molecule has 3 amide bonds. The van der Waals surface area contributed by atoms with Crippen molar-refractivity contribution in [3.05, 3.63) is 33.9 Å². The number of carbonyl (C=O) groups excluding carboxylic acids is 3. The van der Waals surface area contributed by atoms with E-state index in [2.05, 4.69) is 15.5 Å². The van der Waals surface area contributed by atoms with Crippen molar-refractivity contribution in [2.45, 2.75) is 40.3 Å². The number of anilines is 1. The summed E-state index contributed by atoms with van der Waals surface area (Å²) in [6, 6.07) is -0.616. The van der Waals surface area contributed by atoms with Crippen molar-refractivity contribution < 1.29 is 24.0 Å². The van der Waals surface area contributed by atoms with E-state index >= 15 is 0 Å². The summed E-state index contributed by atoms with van der Waals surface area (Å²) >= 11 is 0. The van der Waals surface area contributed by atoms with Gasteiger partial charge in [0.25, 0.3) is 0 Å². The van der Waals surface area contributed by atoms with E-state index < -0.39 is 16.9 Å². The summed E-state index contributed by atoms with van der Waals surface area (Å²) in [5.74, 6) is -0.582. The number of amides is 3. The number of ether oxygens (including phenoxy) is 1. The molecular formula is C20H28N8O6. The molecule has 0 aromatic carbocycles. The van der Waals surface area contributed by atoms with Crippen LogP contribution in [-0.2, 0) is 20.9 Å². The minimum Gasteiger partial charge on any atom is -0.450 e. The first-order valence-electron chi connectivity index (χ1n) is 10.8. The van der Waals surface area contributed by atoms with Crippen molar-refractivity contribution in [3.8, 4) is 0 Å². The molecule has 1 aliphatic heterocycles. The van der Waals surface area contributed by atoms with Gasteiger partial charge < -0.3 is 19.9 Å². The second-order valence-corrected chi connectivity index (χ2v) is 7.87. The fourth-order valence-corrected chi connectivity index (χ4v) is 3.61. The molecule has 184 valence electrons. The molecule has 0 radical (unpaired) electrons. The zero-order valence-electron chi connectivity index (χ0n) is 19.6. The summed E-state index contributed by atoms with van der Waals surface area (Å²) in [5.41, 5.74) is 1.06. The Hall–Kier alpha value is -3.97. The molecule has 1 unspecified atom stereocenters. The van der Waals surface area contributed by atoms with E-state index in [4.69, 9.17) is 4.74 Å². The fourth-order valence-electron chi connectivity index (χ4n) is 3.61. The maximum absolute atomic E-state index is 13.0. The van der Waals surface area contributed by atoms with Gasteiger partial charge in [0.2, 0.25) is 11.8 Å². The Labute approximate surface area is 195 Å². The Morgan fingerprint density at radius 3 is 2.44 bits per heavy atom. The van der Waals surface area contributed by atoms with Gasteiger partial charge in [-0.2, -0.15) is 10.2 Å². The molecule has 2 aromatic rings. The molecule has 14 nitrogen and oxygen atoms in total. The third-order valence-electron chi connectivity index (χ3n) is 5.63. The van der Waals surface area contributed by atoms with E-state index in [0.29, 0.717) is 44.2 Å². The highest BCUT2D eigenvalue weighted by Gasteiger charge is 2.29. The van der Waals surface area contributed by atoms with Gasteiger partial charge in [-0.3, -0.25) is 29.1 Å². The maximum atomic E-state index is 13.0. The Bertz CT molecular complexity index is 1090. The van der Waals surface area contributed by atoms with Crippen molar-refractivity contribution in [2.75, 3.05) is 38.1 Å². The molecule has 0 bridgehead atoms. The molecular weight excluding hydrogens is 448 g/mol. The van der Waals surface area contributed by atoms with Gasteiger partial charge in [-0.15, -0.1) is 0 Å². The number of hydrogen-bond acceptors (Lipinski definition) is 8. The minimum atomic E-state index is -0.616. The van der Waals surface area contributed by atoms with Gasteiger partial charge in [-0.05, 0) is 27.7 Å². The lowest BCUT2D eigenvalue weighted by molar-refractivity contribution is -0.385. The highest BCUT2D eigenvalue weighted by molar-refractivity contribution is 5.91. The van der Waals surface area contributed by atoms with E-state index in [0.717, 1.165) is 6.20 Å². The summed E-state index contributed by atoms with van der Waals surface area (Å²) in [4.78, 5) is 50.9. The first-order valence-corrected chi connectivity index (χ1v) is 10.8. The lowest BCUT2D eigenvalue weighted by Gasteiger charge is -2.35. The van der Waals surface area contributed by atoms with Crippen molar-refractivity contribution >= 4 is 29.3 Å². The minimum absolute atomic E-state index is 0.150. The number of aryl methyl sites for hydroxylation is 1. The summed E-state index contributed by atoms with van der Waals surface area (Å²) in [5, 5.41) is 21.9. The second-order valence-electron chi connectivity index (χ2n) is 7.87. The van der Waals surface area contributed by atoms with Crippen LogP contribution in [-0.4, -0.2) is 85.0 Å². The molecule has 1 fully saturated rings. The highest BCUT2D eigenvalue weighted by atomic mass is 16.6. The van der Waals surface area contributed by atoms with E-state index in [1.54, 1.807) is 36.8 Å². The van der Waals surface area contributed by atoms with Crippen molar-refractivity contribution in [2.24, 2.45) is 0 Å². The Morgan fingerprint density at radius 2 is 1.85 bits per heavy atom. The normalized spacial score (nSPS) is 14.6. The quantitative estimate of drug-likeness (QED) is 0.460. The molecule has 1 atom stereocenters. The van der Waals surface area contributed by atoms with Crippen molar-refractivity contribution in [3.63, 3.8) is 0 Å². The topological polar surface area (TPSA) is 158 Å².